The highest BCUT2D eigenvalue weighted by atomic mass is 32.1. The molecule has 94 valence electrons. The minimum Gasteiger partial charge on any atom is -0.381 e. The summed E-state index contributed by atoms with van der Waals surface area (Å²) in [5, 5.41) is 11.6. The first-order chi connectivity index (χ1) is 8.58. The van der Waals surface area contributed by atoms with Gasteiger partial charge in [0.25, 0.3) is 5.91 Å². The first kappa shape index (κ1) is 12.5. The molecule has 2 amide bonds. The van der Waals surface area contributed by atoms with Crippen LogP contribution >= 0.6 is 11.3 Å². The number of benzene rings is 1. The molecule has 6 nitrogen and oxygen atoms in total. The zero-order valence-corrected chi connectivity index (χ0v) is 10.1. The predicted octanol–water partition coefficient (Wildman–Crippen LogP) is -0.128. The molecule has 7 heteroatoms. The van der Waals surface area contributed by atoms with Crippen molar-refractivity contribution in [2.24, 2.45) is 5.73 Å². The number of primary amides is 1. The average molecular weight is 265 g/mol. The monoisotopic (exact) mass is 265 g/mol. The molecule has 4 N–H and O–H groups in total. The van der Waals surface area contributed by atoms with E-state index in [0.717, 1.165) is 10.2 Å². The fourth-order valence-corrected chi connectivity index (χ4v) is 2.10. The molecule has 0 aliphatic carbocycles. The van der Waals surface area contributed by atoms with E-state index in [1.54, 1.807) is 23.7 Å². The van der Waals surface area contributed by atoms with Crippen LogP contribution < -0.4 is 11.1 Å². The summed E-state index contributed by atoms with van der Waals surface area (Å²) in [6.45, 7) is -0.200. The fourth-order valence-electron chi connectivity index (χ4n) is 1.39. The minimum atomic E-state index is -1.37. The van der Waals surface area contributed by atoms with Crippen LogP contribution in [0.1, 0.15) is 10.4 Å². The summed E-state index contributed by atoms with van der Waals surface area (Å²) in [7, 11) is 0. The first-order valence-corrected chi connectivity index (χ1v) is 6.04. The van der Waals surface area contributed by atoms with Gasteiger partial charge in [0.2, 0.25) is 5.91 Å². The normalized spacial score (nSPS) is 12.3. The lowest BCUT2D eigenvalue weighted by atomic mass is 10.2. The number of aliphatic hydroxyl groups is 1. The number of rotatable bonds is 4. The van der Waals surface area contributed by atoms with Gasteiger partial charge in [-0.3, -0.25) is 9.59 Å². The maximum absolute atomic E-state index is 11.7. The van der Waals surface area contributed by atoms with Crippen LogP contribution in [0.2, 0.25) is 0 Å². The lowest BCUT2D eigenvalue weighted by molar-refractivity contribution is -0.125. The van der Waals surface area contributed by atoms with Crippen molar-refractivity contribution >= 4 is 33.4 Å². The predicted molar refractivity (Wildman–Crippen MR) is 67.2 cm³/mol. The standard InChI is InChI=1S/C11H11N3O3S/c12-10(16)8(15)4-13-11(17)6-1-2-7-9(3-6)18-5-14-7/h1-3,5,8,15H,4H2,(H2,12,16)(H,13,17). The molecule has 18 heavy (non-hydrogen) atoms. The van der Waals surface area contributed by atoms with Crippen LogP contribution in [0.4, 0.5) is 0 Å². The van der Waals surface area contributed by atoms with Crippen molar-refractivity contribution in [3.05, 3.63) is 29.3 Å². The SMILES string of the molecule is NC(=O)C(O)CNC(=O)c1ccc2ncsc2c1. The van der Waals surface area contributed by atoms with Crippen molar-refractivity contribution < 1.29 is 14.7 Å². The molecule has 0 saturated heterocycles. The number of amides is 2. The van der Waals surface area contributed by atoms with Crippen LogP contribution in [-0.2, 0) is 4.79 Å². The van der Waals surface area contributed by atoms with E-state index in [1.165, 1.54) is 11.3 Å². The largest absolute Gasteiger partial charge is 0.381 e. The molecule has 1 atom stereocenters. The molecule has 2 rings (SSSR count). The first-order valence-electron chi connectivity index (χ1n) is 5.17. The summed E-state index contributed by atoms with van der Waals surface area (Å²) in [5.74, 6) is -1.24. The van der Waals surface area contributed by atoms with E-state index in [0.29, 0.717) is 5.56 Å². The van der Waals surface area contributed by atoms with Crippen LogP contribution in [0.25, 0.3) is 10.2 Å². The Kier molecular flexibility index (Phi) is 3.54. The number of hydrogen-bond donors (Lipinski definition) is 3. The molecule has 0 bridgehead atoms. The smallest absolute Gasteiger partial charge is 0.251 e. The Bertz CT molecular complexity index is 596. The van der Waals surface area contributed by atoms with Gasteiger partial charge >= 0.3 is 0 Å². The Morgan fingerprint density at radius 2 is 2.28 bits per heavy atom. The van der Waals surface area contributed by atoms with Gasteiger partial charge in [0.15, 0.2) is 0 Å². The maximum Gasteiger partial charge on any atom is 0.251 e. The number of carbonyl (C=O) groups is 2. The third-order valence-corrected chi connectivity index (χ3v) is 3.17. The summed E-state index contributed by atoms with van der Waals surface area (Å²) in [5.41, 5.74) is 7.85. The van der Waals surface area contributed by atoms with Crippen LogP contribution in [-0.4, -0.2) is 34.6 Å². The summed E-state index contributed by atoms with van der Waals surface area (Å²) >= 11 is 1.43. The Balaban J connectivity index is 2.06. The van der Waals surface area contributed by atoms with Crippen LogP contribution in [0.5, 0.6) is 0 Å². The van der Waals surface area contributed by atoms with Crippen molar-refractivity contribution in [3.63, 3.8) is 0 Å². The van der Waals surface area contributed by atoms with Gasteiger partial charge in [0.05, 0.1) is 22.3 Å². The lowest BCUT2D eigenvalue weighted by Gasteiger charge is -2.08. The van der Waals surface area contributed by atoms with Gasteiger partial charge in [-0.05, 0) is 18.2 Å². The third kappa shape index (κ3) is 2.63. The highest BCUT2D eigenvalue weighted by Crippen LogP contribution is 2.18. The van der Waals surface area contributed by atoms with E-state index in [4.69, 9.17) is 10.8 Å². The zero-order valence-electron chi connectivity index (χ0n) is 9.29. The van der Waals surface area contributed by atoms with E-state index >= 15 is 0 Å². The number of fused-ring (bicyclic) bond motifs is 1. The molecule has 0 spiro atoms. The van der Waals surface area contributed by atoms with E-state index in [-0.39, 0.29) is 12.5 Å². The topological polar surface area (TPSA) is 105 Å². The molecule has 1 aromatic heterocycles. The molecule has 1 unspecified atom stereocenters. The summed E-state index contributed by atoms with van der Waals surface area (Å²) in [6, 6.07) is 5.08. The highest BCUT2D eigenvalue weighted by molar-refractivity contribution is 7.16. The van der Waals surface area contributed by atoms with Gasteiger partial charge in [-0.25, -0.2) is 4.98 Å². The summed E-state index contributed by atoms with van der Waals surface area (Å²) < 4.78 is 0.901. The second-order valence-electron chi connectivity index (χ2n) is 3.66. The molecule has 0 aliphatic rings. The minimum absolute atomic E-state index is 0.200. The molecule has 0 saturated carbocycles. The van der Waals surface area contributed by atoms with Gasteiger partial charge in [-0.1, -0.05) is 0 Å². The Morgan fingerprint density at radius 1 is 1.50 bits per heavy atom. The number of nitrogens with one attached hydrogen (secondary N) is 1. The second-order valence-corrected chi connectivity index (χ2v) is 4.55. The number of carbonyl (C=O) groups excluding carboxylic acids is 2. The molecular formula is C11H11N3O3S. The van der Waals surface area contributed by atoms with E-state index in [1.807, 2.05) is 0 Å². The average Bonchev–Trinajstić information content (AvgIpc) is 2.82. The summed E-state index contributed by atoms with van der Waals surface area (Å²) in [4.78, 5) is 26.5. The van der Waals surface area contributed by atoms with Gasteiger partial charge in [0.1, 0.15) is 6.10 Å². The Labute approximate surface area is 106 Å². The van der Waals surface area contributed by atoms with Crippen molar-refractivity contribution in [3.8, 4) is 0 Å². The number of nitrogens with zero attached hydrogens (tertiary/aromatic N) is 1. The maximum atomic E-state index is 11.7. The van der Waals surface area contributed by atoms with Gasteiger partial charge in [-0.15, -0.1) is 11.3 Å². The van der Waals surface area contributed by atoms with E-state index in [2.05, 4.69) is 10.3 Å². The molecule has 0 fully saturated rings. The fraction of sp³-hybridized carbons (Fsp3) is 0.182. The zero-order chi connectivity index (χ0) is 13.1. The van der Waals surface area contributed by atoms with E-state index in [9.17, 15) is 9.59 Å². The number of hydrogen-bond acceptors (Lipinski definition) is 5. The van der Waals surface area contributed by atoms with Crippen molar-refractivity contribution in [1.82, 2.24) is 10.3 Å². The van der Waals surface area contributed by atoms with Gasteiger partial charge < -0.3 is 16.2 Å². The van der Waals surface area contributed by atoms with Crippen LogP contribution in [0.15, 0.2) is 23.7 Å². The Hall–Kier alpha value is -1.99. The van der Waals surface area contributed by atoms with E-state index < -0.39 is 12.0 Å². The quantitative estimate of drug-likeness (QED) is 0.716. The van der Waals surface area contributed by atoms with Crippen molar-refractivity contribution in [1.29, 1.82) is 0 Å². The van der Waals surface area contributed by atoms with Gasteiger partial charge in [-0.2, -0.15) is 0 Å². The summed E-state index contributed by atoms with van der Waals surface area (Å²) in [6.07, 6.45) is -1.37. The van der Waals surface area contributed by atoms with Crippen molar-refractivity contribution in [2.75, 3.05) is 6.54 Å². The number of aromatic nitrogens is 1. The Morgan fingerprint density at radius 3 is 3.00 bits per heavy atom. The lowest BCUT2D eigenvalue weighted by Crippen LogP contribution is -2.39. The molecule has 1 aromatic carbocycles. The number of aliphatic hydroxyl groups excluding tert-OH is 1. The third-order valence-electron chi connectivity index (χ3n) is 2.38. The molecule has 1 heterocycles. The second kappa shape index (κ2) is 5.11. The van der Waals surface area contributed by atoms with Crippen LogP contribution in [0.3, 0.4) is 0 Å². The number of nitrogens with two attached hydrogens (primary N) is 1. The van der Waals surface area contributed by atoms with Gasteiger partial charge in [0, 0.05) is 5.56 Å². The molecular weight excluding hydrogens is 254 g/mol. The molecule has 0 radical (unpaired) electrons. The highest BCUT2D eigenvalue weighted by Gasteiger charge is 2.13. The molecule has 2 aromatic rings. The molecule has 0 aliphatic heterocycles. The van der Waals surface area contributed by atoms with Crippen LogP contribution in [0, 0.1) is 0 Å². The van der Waals surface area contributed by atoms with Crippen molar-refractivity contribution in [2.45, 2.75) is 6.10 Å². The number of thiazole rings is 1.